The zero-order valence-corrected chi connectivity index (χ0v) is 13.4. The lowest BCUT2D eigenvalue weighted by Crippen LogP contribution is -2.34. The van der Waals surface area contributed by atoms with E-state index in [1.54, 1.807) is 0 Å². The predicted molar refractivity (Wildman–Crippen MR) is 79.4 cm³/mol. The average molecular weight is 339 g/mol. The Morgan fingerprint density at radius 2 is 2.10 bits per heavy atom. The van der Waals surface area contributed by atoms with Gasteiger partial charge >= 0.3 is 0 Å². The Labute approximate surface area is 127 Å². The van der Waals surface area contributed by atoms with Crippen molar-refractivity contribution < 1.29 is 9.59 Å². The summed E-state index contributed by atoms with van der Waals surface area (Å²) in [5, 5.41) is 0. The van der Waals surface area contributed by atoms with Crippen molar-refractivity contribution in [1.29, 1.82) is 0 Å². The minimum absolute atomic E-state index is 0.0339. The molecule has 1 aliphatic heterocycles. The zero-order chi connectivity index (χ0) is 14.4. The van der Waals surface area contributed by atoms with E-state index < -0.39 is 0 Å². The van der Waals surface area contributed by atoms with Crippen molar-refractivity contribution in [2.45, 2.75) is 39.2 Å². The van der Waals surface area contributed by atoms with Gasteiger partial charge in [-0.1, -0.05) is 13.8 Å². The van der Waals surface area contributed by atoms with Gasteiger partial charge in [0.05, 0.1) is 0 Å². The number of carbonyl (C=O) groups excluding carboxylic acids is 2. The SMILES string of the molecule is CC(C)C1CC(=O)N(C(=O)c2cc(Br)cn2C2CC2)C1. The van der Waals surface area contributed by atoms with E-state index in [1.165, 1.54) is 4.90 Å². The number of rotatable bonds is 3. The molecule has 0 aromatic carbocycles. The maximum atomic E-state index is 12.7. The van der Waals surface area contributed by atoms with Gasteiger partial charge in [0.25, 0.3) is 5.91 Å². The number of imide groups is 1. The first-order chi connectivity index (χ1) is 9.47. The van der Waals surface area contributed by atoms with E-state index in [2.05, 4.69) is 29.8 Å². The Bertz CT molecular complexity index is 560. The van der Waals surface area contributed by atoms with Gasteiger partial charge in [-0.25, -0.2) is 0 Å². The molecule has 1 aromatic heterocycles. The van der Waals surface area contributed by atoms with Gasteiger partial charge in [0, 0.05) is 29.7 Å². The zero-order valence-electron chi connectivity index (χ0n) is 11.8. The molecular weight excluding hydrogens is 320 g/mol. The van der Waals surface area contributed by atoms with E-state index in [9.17, 15) is 9.59 Å². The van der Waals surface area contributed by atoms with Crippen LogP contribution in [0.4, 0.5) is 0 Å². The second kappa shape index (κ2) is 5.02. The summed E-state index contributed by atoms with van der Waals surface area (Å²) in [5.41, 5.74) is 0.636. The molecule has 4 nitrogen and oxygen atoms in total. The Morgan fingerprint density at radius 3 is 2.65 bits per heavy atom. The first-order valence-electron chi connectivity index (χ1n) is 7.19. The highest BCUT2D eigenvalue weighted by Gasteiger charge is 2.38. The standard InChI is InChI=1S/C15H19BrN2O2/c1-9(2)10-5-14(19)18(7-10)15(20)13-6-11(16)8-17(13)12-3-4-12/h6,8-10,12H,3-5,7H2,1-2H3. The van der Waals surface area contributed by atoms with Crippen LogP contribution in [0.5, 0.6) is 0 Å². The maximum absolute atomic E-state index is 12.7. The van der Waals surface area contributed by atoms with Gasteiger partial charge in [-0.2, -0.15) is 0 Å². The molecule has 108 valence electrons. The third-order valence-corrected chi connectivity index (χ3v) is 4.75. The third-order valence-electron chi connectivity index (χ3n) is 4.32. The van der Waals surface area contributed by atoms with E-state index in [0.717, 1.165) is 17.3 Å². The molecule has 1 unspecified atom stereocenters. The molecule has 1 aromatic rings. The Kier molecular flexibility index (Phi) is 3.48. The summed E-state index contributed by atoms with van der Waals surface area (Å²) >= 11 is 3.43. The van der Waals surface area contributed by atoms with Crippen LogP contribution in [0, 0.1) is 11.8 Å². The van der Waals surface area contributed by atoms with E-state index in [0.29, 0.717) is 36.5 Å². The van der Waals surface area contributed by atoms with Crippen molar-refractivity contribution in [1.82, 2.24) is 9.47 Å². The number of hydrogen-bond acceptors (Lipinski definition) is 2. The summed E-state index contributed by atoms with van der Waals surface area (Å²) in [5.74, 6) is 0.544. The molecule has 0 radical (unpaired) electrons. The molecule has 0 N–H and O–H groups in total. The van der Waals surface area contributed by atoms with E-state index >= 15 is 0 Å². The van der Waals surface area contributed by atoms with Crippen LogP contribution in [0.25, 0.3) is 0 Å². The fourth-order valence-electron chi connectivity index (χ4n) is 2.79. The topological polar surface area (TPSA) is 42.3 Å². The number of amides is 2. The van der Waals surface area contributed by atoms with Gasteiger partial charge in [0.1, 0.15) is 5.69 Å². The summed E-state index contributed by atoms with van der Waals surface area (Å²) in [4.78, 5) is 26.2. The van der Waals surface area contributed by atoms with Crippen LogP contribution in [-0.4, -0.2) is 27.8 Å². The number of carbonyl (C=O) groups is 2. The molecule has 1 atom stereocenters. The molecule has 3 rings (SSSR count). The van der Waals surface area contributed by atoms with Gasteiger partial charge in [0.2, 0.25) is 5.91 Å². The average Bonchev–Trinajstić information content (AvgIpc) is 3.05. The molecule has 2 fully saturated rings. The molecule has 1 aliphatic carbocycles. The largest absolute Gasteiger partial charge is 0.339 e. The van der Waals surface area contributed by atoms with E-state index in [1.807, 2.05) is 16.8 Å². The molecule has 2 amide bonds. The van der Waals surface area contributed by atoms with Crippen LogP contribution in [0.15, 0.2) is 16.7 Å². The highest BCUT2D eigenvalue weighted by Crippen LogP contribution is 2.38. The summed E-state index contributed by atoms with van der Waals surface area (Å²) in [6.07, 6.45) is 4.67. The molecule has 20 heavy (non-hydrogen) atoms. The lowest BCUT2D eigenvalue weighted by atomic mass is 9.95. The molecule has 0 spiro atoms. The van der Waals surface area contributed by atoms with Crippen molar-refractivity contribution in [2.24, 2.45) is 11.8 Å². The predicted octanol–water partition coefficient (Wildman–Crippen LogP) is 3.23. The summed E-state index contributed by atoms with van der Waals surface area (Å²) in [7, 11) is 0. The molecule has 2 aliphatic rings. The smallest absolute Gasteiger partial charge is 0.277 e. The van der Waals surface area contributed by atoms with Crippen molar-refractivity contribution in [3.63, 3.8) is 0 Å². The third kappa shape index (κ3) is 2.43. The molecule has 1 saturated carbocycles. The van der Waals surface area contributed by atoms with Gasteiger partial charge < -0.3 is 4.57 Å². The van der Waals surface area contributed by atoms with Gasteiger partial charge in [0.15, 0.2) is 0 Å². The van der Waals surface area contributed by atoms with Crippen molar-refractivity contribution in [3.8, 4) is 0 Å². The van der Waals surface area contributed by atoms with Crippen LogP contribution in [0.1, 0.15) is 49.6 Å². The van der Waals surface area contributed by atoms with E-state index in [4.69, 9.17) is 0 Å². The first-order valence-corrected chi connectivity index (χ1v) is 7.98. The molecule has 2 heterocycles. The lowest BCUT2D eigenvalue weighted by molar-refractivity contribution is -0.125. The van der Waals surface area contributed by atoms with Crippen molar-refractivity contribution in [2.75, 3.05) is 6.54 Å². The highest BCUT2D eigenvalue weighted by atomic mass is 79.9. The van der Waals surface area contributed by atoms with Crippen LogP contribution >= 0.6 is 15.9 Å². The molecular formula is C15H19BrN2O2. The fraction of sp³-hybridized carbons (Fsp3) is 0.600. The normalized spacial score (nSPS) is 22.9. The van der Waals surface area contributed by atoms with Crippen molar-refractivity contribution >= 4 is 27.7 Å². The van der Waals surface area contributed by atoms with Crippen molar-refractivity contribution in [3.05, 3.63) is 22.4 Å². The number of halogens is 1. The number of nitrogens with zero attached hydrogens (tertiary/aromatic N) is 2. The van der Waals surface area contributed by atoms with Crippen LogP contribution in [-0.2, 0) is 4.79 Å². The minimum atomic E-state index is -0.143. The number of likely N-dealkylation sites (tertiary alicyclic amines) is 1. The number of hydrogen-bond donors (Lipinski definition) is 0. The minimum Gasteiger partial charge on any atom is -0.339 e. The van der Waals surface area contributed by atoms with Crippen LogP contribution in [0.2, 0.25) is 0 Å². The summed E-state index contributed by atoms with van der Waals surface area (Å²) < 4.78 is 2.92. The quantitative estimate of drug-likeness (QED) is 0.794. The Morgan fingerprint density at radius 1 is 1.40 bits per heavy atom. The van der Waals surface area contributed by atoms with Gasteiger partial charge in [-0.05, 0) is 46.7 Å². The highest BCUT2D eigenvalue weighted by molar-refractivity contribution is 9.10. The second-order valence-electron chi connectivity index (χ2n) is 6.20. The molecule has 5 heteroatoms. The molecule has 1 saturated heterocycles. The summed E-state index contributed by atoms with van der Waals surface area (Å²) in [6.45, 7) is 4.77. The first kappa shape index (κ1) is 13.9. The van der Waals surface area contributed by atoms with Gasteiger partial charge in [-0.3, -0.25) is 14.5 Å². The second-order valence-corrected chi connectivity index (χ2v) is 7.12. The Hall–Kier alpha value is -1.10. The fourth-order valence-corrected chi connectivity index (χ4v) is 3.23. The monoisotopic (exact) mass is 338 g/mol. The number of aromatic nitrogens is 1. The summed E-state index contributed by atoms with van der Waals surface area (Å²) in [6, 6.07) is 2.26. The lowest BCUT2D eigenvalue weighted by Gasteiger charge is -2.17. The molecule has 0 bridgehead atoms. The van der Waals surface area contributed by atoms with Gasteiger partial charge in [-0.15, -0.1) is 0 Å². The van der Waals surface area contributed by atoms with Crippen LogP contribution in [0.3, 0.4) is 0 Å². The van der Waals surface area contributed by atoms with Crippen LogP contribution < -0.4 is 0 Å². The maximum Gasteiger partial charge on any atom is 0.277 e. The van der Waals surface area contributed by atoms with E-state index in [-0.39, 0.29) is 11.8 Å². The Balaban J connectivity index is 1.84.